The maximum atomic E-state index is 13.8. The first kappa shape index (κ1) is 27.2. The molecule has 0 aliphatic rings. The molecule has 3 aromatic rings. The van der Waals surface area contributed by atoms with E-state index in [4.69, 9.17) is 0 Å². The summed E-state index contributed by atoms with van der Waals surface area (Å²) in [6.07, 6.45) is 2.46. The van der Waals surface area contributed by atoms with Crippen LogP contribution in [0.2, 0.25) is 0 Å². The molecule has 1 N–H and O–H groups in total. The lowest BCUT2D eigenvalue weighted by atomic mass is 9.99. The molecule has 0 aliphatic heterocycles. The second kappa shape index (κ2) is 12.5. The molecular weight excluding hydrogens is 444 g/mol. The highest BCUT2D eigenvalue weighted by atomic mass is 16.2. The van der Waals surface area contributed by atoms with Crippen LogP contribution in [0.25, 0.3) is 0 Å². The van der Waals surface area contributed by atoms with Gasteiger partial charge in [-0.2, -0.15) is 0 Å². The second-order valence-electron chi connectivity index (χ2n) is 10.6. The van der Waals surface area contributed by atoms with E-state index in [0.717, 1.165) is 23.1 Å². The van der Waals surface area contributed by atoms with Gasteiger partial charge in [0.15, 0.2) is 0 Å². The van der Waals surface area contributed by atoms with Gasteiger partial charge in [0, 0.05) is 24.9 Å². The van der Waals surface area contributed by atoms with Gasteiger partial charge in [-0.1, -0.05) is 91.3 Å². The molecule has 0 aliphatic carbocycles. The molecular formula is C32H40N2O2. The SMILES string of the molecule is CCc1ccc(CCC(=O)N(Cc2ccc(C)cc2)[C@H](Cc2ccccc2)C(=O)NC(C)(C)C)cc1. The molecule has 190 valence electrons. The molecule has 0 bridgehead atoms. The highest BCUT2D eigenvalue weighted by Crippen LogP contribution is 2.18. The fourth-order valence-electron chi connectivity index (χ4n) is 4.23. The van der Waals surface area contributed by atoms with Gasteiger partial charge in [-0.05, 0) is 62.8 Å². The predicted octanol–water partition coefficient (Wildman–Crippen LogP) is 6.04. The quantitative estimate of drug-likeness (QED) is 0.381. The number of hydrogen-bond donors (Lipinski definition) is 1. The zero-order valence-corrected chi connectivity index (χ0v) is 22.4. The zero-order chi connectivity index (χ0) is 26.1. The Balaban J connectivity index is 1.90. The van der Waals surface area contributed by atoms with Crippen molar-refractivity contribution in [3.05, 3.63) is 107 Å². The fraction of sp³-hybridized carbons (Fsp3) is 0.375. The maximum absolute atomic E-state index is 13.8. The van der Waals surface area contributed by atoms with E-state index in [9.17, 15) is 9.59 Å². The third-order valence-corrected chi connectivity index (χ3v) is 6.30. The Morgan fingerprint density at radius 1 is 0.806 bits per heavy atom. The predicted molar refractivity (Wildman–Crippen MR) is 148 cm³/mol. The van der Waals surface area contributed by atoms with Crippen LogP contribution in [0.15, 0.2) is 78.9 Å². The number of carbonyl (C=O) groups is 2. The highest BCUT2D eigenvalue weighted by molar-refractivity contribution is 5.88. The van der Waals surface area contributed by atoms with Crippen LogP contribution in [0.3, 0.4) is 0 Å². The standard InChI is InChI=1S/C32H40N2O2/c1-6-25-16-18-26(19-17-25)20-21-30(35)34(23-28-14-12-24(2)13-15-28)29(31(36)33-32(3,4)5)22-27-10-8-7-9-11-27/h7-19,29H,6,20-23H2,1-5H3,(H,33,36)/t29-/m1/s1. The maximum Gasteiger partial charge on any atom is 0.243 e. The van der Waals surface area contributed by atoms with E-state index in [2.05, 4.69) is 48.6 Å². The average molecular weight is 485 g/mol. The van der Waals surface area contributed by atoms with Crippen LogP contribution >= 0.6 is 0 Å². The van der Waals surface area contributed by atoms with E-state index in [-0.39, 0.29) is 11.8 Å². The molecule has 2 amide bonds. The molecule has 0 aromatic heterocycles. The number of carbonyl (C=O) groups excluding carboxylic acids is 2. The molecule has 0 saturated heterocycles. The monoisotopic (exact) mass is 484 g/mol. The number of nitrogens with zero attached hydrogens (tertiary/aromatic N) is 1. The summed E-state index contributed by atoms with van der Waals surface area (Å²) in [7, 11) is 0. The van der Waals surface area contributed by atoms with E-state index < -0.39 is 11.6 Å². The van der Waals surface area contributed by atoms with Gasteiger partial charge in [-0.3, -0.25) is 9.59 Å². The van der Waals surface area contributed by atoms with Crippen molar-refractivity contribution < 1.29 is 9.59 Å². The summed E-state index contributed by atoms with van der Waals surface area (Å²) in [6.45, 7) is 10.5. The fourth-order valence-corrected chi connectivity index (χ4v) is 4.23. The van der Waals surface area contributed by atoms with E-state index in [1.807, 2.05) is 70.2 Å². The van der Waals surface area contributed by atoms with Gasteiger partial charge < -0.3 is 10.2 Å². The van der Waals surface area contributed by atoms with E-state index in [1.165, 1.54) is 11.1 Å². The largest absolute Gasteiger partial charge is 0.350 e. The molecule has 4 heteroatoms. The Kier molecular flexibility index (Phi) is 9.46. The van der Waals surface area contributed by atoms with Crippen LogP contribution in [0.5, 0.6) is 0 Å². The minimum atomic E-state index is -0.608. The Labute approximate surface area is 216 Å². The third-order valence-electron chi connectivity index (χ3n) is 6.30. The lowest BCUT2D eigenvalue weighted by molar-refractivity contribution is -0.141. The zero-order valence-electron chi connectivity index (χ0n) is 22.4. The number of rotatable bonds is 10. The number of amides is 2. The van der Waals surface area contributed by atoms with Crippen molar-refractivity contribution >= 4 is 11.8 Å². The van der Waals surface area contributed by atoms with Crippen LogP contribution in [0, 0.1) is 6.92 Å². The number of benzene rings is 3. The van der Waals surface area contributed by atoms with Crippen LogP contribution < -0.4 is 5.32 Å². The molecule has 1 atom stereocenters. The van der Waals surface area contributed by atoms with E-state index in [0.29, 0.717) is 25.8 Å². The van der Waals surface area contributed by atoms with Crippen molar-refractivity contribution in [1.82, 2.24) is 10.2 Å². The van der Waals surface area contributed by atoms with Gasteiger partial charge >= 0.3 is 0 Å². The summed E-state index contributed by atoms with van der Waals surface area (Å²) in [5, 5.41) is 3.12. The van der Waals surface area contributed by atoms with Crippen molar-refractivity contribution in [1.29, 1.82) is 0 Å². The molecule has 36 heavy (non-hydrogen) atoms. The van der Waals surface area contributed by atoms with Gasteiger partial charge in [0.05, 0.1) is 0 Å². The molecule has 0 unspecified atom stereocenters. The van der Waals surface area contributed by atoms with Gasteiger partial charge in [-0.15, -0.1) is 0 Å². The normalized spacial score (nSPS) is 12.1. The molecule has 3 rings (SSSR count). The summed E-state index contributed by atoms with van der Waals surface area (Å²) < 4.78 is 0. The number of nitrogens with one attached hydrogen (secondary N) is 1. The van der Waals surface area contributed by atoms with Crippen molar-refractivity contribution in [3.63, 3.8) is 0 Å². The molecule has 0 heterocycles. The lowest BCUT2D eigenvalue weighted by Crippen LogP contribution is -2.54. The first-order chi connectivity index (χ1) is 17.1. The first-order valence-corrected chi connectivity index (χ1v) is 12.9. The molecule has 0 fully saturated rings. The van der Waals surface area contributed by atoms with Gasteiger partial charge in [-0.25, -0.2) is 0 Å². The van der Waals surface area contributed by atoms with E-state index in [1.54, 1.807) is 4.90 Å². The Morgan fingerprint density at radius 2 is 1.39 bits per heavy atom. The molecule has 3 aromatic carbocycles. The Morgan fingerprint density at radius 3 is 1.97 bits per heavy atom. The molecule has 0 spiro atoms. The van der Waals surface area contributed by atoms with E-state index >= 15 is 0 Å². The average Bonchev–Trinajstić information content (AvgIpc) is 2.85. The smallest absolute Gasteiger partial charge is 0.243 e. The highest BCUT2D eigenvalue weighted by Gasteiger charge is 2.32. The van der Waals surface area contributed by atoms with Crippen molar-refractivity contribution in [3.8, 4) is 0 Å². The van der Waals surface area contributed by atoms with Gasteiger partial charge in [0.2, 0.25) is 11.8 Å². The van der Waals surface area contributed by atoms with Gasteiger partial charge in [0.25, 0.3) is 0 Å². The summed E-state index contributed by atoms with van der Waals surface area (Å²) in [5.41, 5.74) is 5.23. The number of aryl methyl sites for hydroxylation is 3. The summed E-state index contributed by atoms with van der Waals surface area (Å²) in [5.74, 6) is -0.140. The first-order valence-electron chi connectivity index (χ1n) is 12.9. The molecule has 0 radical (unpaired) electrons. The van der Waals surface area contributed by atoms with Crippen LogP contribution in [0.1, 0.15) is 61.9 Å². The summed E-state index contributed by atoms with van der Waals surface area (Å²) in [4.78, 5) is 29.1. The minimum absolute atomic E-state index is 0.0138. The lowest BCUT2D eigenvalue weighted by Gasteiger charge is -2.34. The second-order valence-corrected chi connectivity index (χ2v) is 10.6. The van der Waals surface area contributed by atoms with Crippen molar-refractivity contribution in [2.45, 2.75) is 78.4 Å². The summed E-state index contributed by atoms with van der Waals surface area (Å²) in [6, 6.07) is 26.0. The minimum Gasteiger partial charge on any atom is -0.350 e. The Bertz CT molecular complexity index is 1110. The molecule has 4 nitrogen and oxygen atoms in total. The Hall–Kier alpha value is -3.40. The topological polar surface area (TPSA) is 49.4 Å². The van der Waals surface area contributed by atoms with Crippen LogP contribution in [0.4, 0.5) is 0 Å². The molecule has 0 saturated carbocycles. The van der Waals surface area contributed by atoms with Gasteiger partial charge in [0.1, 0.15) is 6.04 Å². The van der Waals surface area contributed by atoms with Crippen molar-refractivity contribution in [2.75, 3.05) is 0 Å². The number of hydrogen-bond acceptors (Lipinski definition) is 2. The van der Waals surface area contributed by atoms with Crippen LogP contribution in [-0.2, 0) is 35.4 Å². The summed E-state index contributed by atoms with van der Waals surface area (Å²) >= 11 is 0. The third kappa shape index (κ3) is 8.37. The van der Waals surface area contributed by atoms with Crippen LogP contribution in [-0.4, -0.2) is 28.3 Å². The van der Waals surface area contributed by atoms with Crippen molar-refractivity contribution in [2.24, 2.45) is 0 Å².